The van der Waals surface area contributed by atoms with Crippen molar-refractivity contribution in [2.75, 3.05) is 6.54 Å². The van der Waals surface area contributed by atoms with E-state index in [1.807, 2.05) is 49.4 Å². The van der Waals surface area contributed by atoms with Crippen molar-refractivity contribution in [3.63, 3.8) is 0 Å². The van der Waals surface area contributed by atoms with Crippen LogP contribution >= 0.6 is 0 Å². The maximum atomic E-state index is 12.6. The Morgan fingerprint density at radius 3 is 1.96 bits per heavy atom. The molecule has 3 nitrogen and oxygen atoms in total. The summed E-state index contributed by atoms with van der Waals surface area (Å²) in [5.74, 6) is 0.278. The zero-order chi connectivity index (χ0) is 17.8. The number of carbonyl (C=O) groups is 1. The molecule has 0 saturated carbocycles. The first-order valence-corrected chi connectivity index (χ1v) is 8.31. The van der Waals surface area contributed by atoms with E-state index in [2.05, 4.69) is 32.9 Å². The van der Waals surface area contributed by atoms with Crippen molar-refractivity contribution in [1.82, 2.24) is 0 Å². The van der Waals surface area contributed by atoms with Crippen LogP contribution in [0.4, 0.5) is 0 Å². The summed E-state index contributed by atoms with van der Waals surface area (Å²) in [4.78, 5) is 12.6. The fourth-order valence-corrected chi connectivity index (χ4v) is 2.97. The molecule has 0 bridgehead atoms. The minimum Gasteiger partial charge on any atom is -0.426 e. The molecule has 0 fully saturated rings. The molecule has 0 saturated heterocycles. The average molecular weight is 325 g/mol. The van der Waals surface area contributed by atoms with Crippen LogP contribution in [0.1, 0.15) is 34.1 Å². The maximum Gasteiger partial charge on any atom is 0.318 e. The number of hydrogen-bond acceptors (Lipinski definition) is 3. The molecule has 0 aliphatic heterocycles. The summed E-state index contributed by atoms with van der Waals surface area (Å²) in [5, 5.41) is 0. The largest absolute Gasteiger partial charge is 0.426 e. The Balaban J connectivity index is 2.11. The van der Waals surface area contributed by atoms with Crippen LogP contribution < -0.4 is 10.5 Å². The van der Waals surface area contributed by atoms with Gasteiger partial charge in [0.1, 0.15) is 5.75 Å². The molecule has 0 aliphatic carbocycles. The SMILES string of the molecule is CC(C)(C)CC(C)(CN)C(=O)Oc1ccc(-c2ccccc2)cc1. The number of carbonyl (C=O) groups excluding carboxylic acids is 1. The van der Waals surface area contributed by atoms with Crippen LogP contribution in [0.2, 0.25) is 0 Å². The molecule has 0 radical (unpaired) electrons. The van der Waals surface area contributed by atoms with Crippen molar-refractivity contribution in [2.24, 2.45) is 16.6 Å². The Morgan fingerprint density at radius 2 is 1.46 bits per heavy atom. The molecule has 2 N–H and O–H groups in total. The molecule has 2 aromatic carbocycles. The third-order valence-corrected chi connectivity index (χ3v) is 4.04. The van der Waals surface area contributed by atoms with Gasteiger partial charge in [-0.25, -0.2) is 0 Å². The lowest BCUT2D eigenvalue weighted by Crippen LogP contribution is -2.41. The van der Waals surface area contributed by atoms with Gasteiger partial charge in [-0.3, -0.25) is 4.79 Å². The lowest BCUT2D eigenvalue weighted by Gasteiger charge is -2.32. The van der Waals surface area contributed by atoms with E-state index in [1.54, 1.807) is 0 Å². The van der Waals surface area contributed by atoms with Crippen LogP contribution in [-0.4, -0.2) is 12.5 Å². The van der Waals surface area contributed by atoms with E-state index in [9.17, 15) is 4.79 Å². The summed E-state index contributed by atoms with van der Waals surface area (Å²) in [5.41, 5.74) is 7.41. The summed E-state index contributed by atoms with van der Waals surface area (Å²) in [7, 11) is 0. The van der Waals surface area contributed by atoms with Crippen LogP contribution in [0.25, 0.3) is 11.1 Å². The fourth-order valence-electron chi connectivity index (χ4n) is 2.97. The fraction of sp³-hybridized carbons (Fsp3) is 0.381. The van der Waals surface area contributed by atoms with Gasteiger partial charge in [0.2, 0.25) is 0 Å². The Morgan fingerprint density at radius 1 is 0.917 bits per heavy atom. The predicted octanol–water partition coefficient (Wildman–Crippen LogP) is 4.66. The molecule has 0 aromatic heterocycles. The van der Waals surface area contributed by atoms with Crippen LogP contribution in [0, 0.1) is 10.8 Å². The maximum absolute atomic E-state index is 12.6. The predicted molar refractivity (Wildman–Crippen MR) is 98.7 cm³/mol. The van der Waals surface area contributed by atoms with E-state index < -0.39 is 5.41 Å². The van der Waals surface area contributed by atoms with Gasteiger partial charge < -0.3 is 10.5 Å². The molecule has 3 heteroatoms. The lowest BCUT2D eigenvalue weighted by atomic mass is 9.75. The first-order valence-electron chi connectivity index (χ1n) is 8.31. The average Bonchev–Trinajstić information content (AvgIpc) is 2.54. The van der Waals surface area contributed by atoms with Gasteiger partial charge in [0, 0.05) is 6.54 Å². The van der Waals surface area contributed by atoms with Crippen molar-refractivity contribution in [3.8, 4) is 16.9 Å². The van der Waals surface area contributed by atoms with Gasteiger partial charge in [-0.1, -0.05) is 63.2 Å². The Kier molecular flexibility index (Phi) is 5.45. The van der Waals surface area contributed by atoms with Crippen LogP contribution in [0.5, 0.6) is 5.75 Å². The molecule has 2 rings (SSSR count). The van der Waals surface area contributed by atoms with E-state index in [0.717, 1.165) is 11.1 Å². The van der Waals surface area contributed by atoms with Crippen molar-refractivity contribution < 1.29 is 9.53 Å². The molecule has 128 valence electrons. The number of rotatable bonds is 5. The van der Waals surface area contributed by atoms with Gasteiger partial charge in [-0.2, -0.15) is 0 Å². The van der Waals surface area contributed by atoms with Gasteiger partial charge in [-0.15, -0.1) is 0 Å². The second-order valence-corrected chi connectivity index (χ2v) is 7.78. The summed E-state index contributed by atoms with van der Waals surface area (Å²) in [6.07, 6.45) is 0.678. The first kappa shape index (κ1) is 18.2. The highest BCUT2D eigenvalue weighted by Crippen LogP contribution is 2.34. The molecular weight excluding hydrogens is 298 g/mol. The summed E-state index contributed by atoms with van der Waals surface area (Å²) in [6.45, 7) is 8.44. The Labute approximate surface area is 144 Å². The summed E-state index contributed by atoms with van der Waals surface area (Å²) in [6, 6.07) is 17.7. The Bertz CT molecular complexity index is 671. The Hall–Kier alpha value is -2.13. The van der Waals surface area contributed by atoms with Gasteiger partial charge in [0.15, 0.2) is 0 Å². The highest BCUT2D eigenvalue weighted by molar-refractivity contribution is 5.79. The third-order valence-electron chi connectivity index (χ3n) is 4.04. The van der Waals surface area contributed by atoms with Crippen molar-refractivity contribution in [3.05, 3.63) is 54.6 Å². The minimum atomic E-state index is -0.684. The molecule has 0 heterocycles. The van der Waals surface area contributed by atoms with Gasteiger partial charge in [-0.05, 0) is 42.0 Å². The smallest absolute Gasteiger partial charge is 0.318 e. The van der Waals surface area contributed by atoms with Crippen LogP contribution in [-0.2, 0) is 4.79 Å². The molecule has 1 unspecified atom stereocenters. The zero-order valence-electron chi connectivity index (χ0n) is 15.0. The van der Waals surface area contributed by atoms with Crippen LogP contribution in [0.3, 0.4) is 0 Å². The van der Waals surface area contributed by atoms with E-state index >= 15 is 0 Å². The first-order chi connectivity index (χ1) is 11.2. The topological polar surface area (TPSA) is 52.3 Å². The minimum absolute atomic E-state index is 0.00427. The van der Waals surface area contributed by atoms with E-state index in [1.165, 1.54) is 0 Å². The highest BCUT2D eigenvalue weighted by atomic mass is 16.5. The van der Waals surface area contributed by atoms with E-state index in [0.29, 0.717) is 12.2 Å². The van der Waals surface area contributed by atoms with Crippen molar-refractivity contribution in [2.45, 2.75) is 34.1 Å². The normalized spacial score (nSPS) is 14.0. The van der Waals surface area contributed by atoms with E-state index in [4.69, 9.17) is 10.5 Å². The molecule has 0 amide bonds. The molecule has 0 aliphatic rings. The lowest BCUT2D eigenvalue weighted by molar-refractivity contribution is -0.146. The quantitative estimate of drug-likeness (QED) is 0.642. The second kappa shape index (κ2) is 7.18. The third kappa shape index (κ3) is 4.68. The second-order valence-electron chi connectivity index (χ2n) is 7.78. The molecule has 2 aromatic rings. The number of hydrogen-bond donors (Lipinski definition) is 1. The van der Waals surface area contributed by atoms with Gasteiger partial charge in [0.05, 0.1) is 5.41 Å². The van der Waals surface area contributed by atoms with Crippen LogP contribution in [0.15, 0.2) is 54.6 Å². The number of esters is 1. The van der Waals surface area contributed by atoms with Crippen molar-refractivity contribution in [1.29, 1.82) is 0 Å². The van der Waals surface area contributed by atoms with E-state index in [-0.39, 0.29) is 17.9 Å². The number of benzene rings is 2. The monoisotopic (exact) mass is 325 g/mol. The van der Waals surface area contributed by atoms with Crippen molar-refractivity contribution >= 4 is 5.97 Å². The van der Waals surface area contributed by atoms with Gasteiger partial charge >= 0.3 is 5.97 Å². The van der Waals surface area contributed by atoms with Gasteiger partial charge in [0.25, 0.3) is 0 Å². The molecular formula is C21H27NO2. The molecule has 0 spiro atoms. The molecule has 24 heavy (non-hydrogen) atoms. The zero-order valence-corrected chi connectivity index (χ0v) is 15.0. The molecule has 1 atom stereocenters. The standard InChI is InChI=1S/C21H27NO2/c1-20(2,3)14-21(4,15-22)19(23)24-18-12-10-17(11-13-18)16-8-6-5-7-9-16/h5-13H,14-15,22H2,1-4H3. The number of nitrogens with two attached hydrogens (primary N) is 1. The number of ether oxygens (including phenoxy) is 1. The summed E-state index contributed by atoms with van der Waals surface area (Å²) < 4.78 is 5.59. The summed E-state index contributed by atoms with van der Waals surface area (Å²) >= 11 is 0. The highest BCUT2D eigenvalue weighted by Gasteiger charge is 2.37.